The summed E-state index contributed by atoms with van der Waals surface area (Å²) in [5, 5.41) is 10.4. The van der Waals surface area contributed by atoms with E-state index in [0.717, 1.165) is 16.5 Å². The minimum atomic E-state index is -4.84. The Hall–Kier alpha value is -3.60. The summed E-state index contributed by atoms with van der Waals surface area (Å²) in [6.07, 6.45) is 2.16. The average Bonchev–Trinajstić information content (AvgIpc) is 3.25. The van der Waals surface area contributed by atoms with Gasteiger partial charge in [0.1, 0.15) is 34.9 Å². The Morgan fingerprint density at radius 2 is 1.69 bits per heavy atom. The topological polar surface area (TPSA) is 187 Å². The first kappa shape index (κ1) is 40.2. The van der Waals surface area contributed by atoms with Gasteiger partial charge in [0, 0.05) is 61.7 Å². The maximum atomic E-state index is 12.1. The van der Waals surface area contributed by atoms with E-state index in [9.17, 15) is 35.8 Å². The Balaban J connectivity index is 2.02. The zero-order valence-corrected chi connectivity index (χ0v) is 31.6. The highest BCUT2D eigenvalue weighted by molar-refractivity contribution is 7.86. The van der Waals surface area contributed by atoms with Crippen molar-refractivity contribution in [1.29, 1.82) is 0 Å². The Labute approximate surface area is 300 Å². The molecule has 1 unspecified atom stereocenters. The lowest BCUT2D eigenvalue weighted by Crippen LogP contribution is -2.35. The molecule has 15 heteroatoms. The van der Waals surface area contributed by atoms with Crippen LogP contribution in [0.1, 0.15) is 70.3 Å². The average molecular weight is 749 g/mol. The molecule has 0 saturated carbocycles. The summed E-state index contributed by atoms with van der Waals surface area (Å²) in [6, 6.07) is 12.0. The number of allylic oxidation sites excluding steroid dienone is 1. The number of carboxylic acid groups (broad SMARTS) is 1. The number of hydrogen-bond donors (Lipinski definition) is 2. The number of fused-ring (bicyclic) bond motifs is 2. The first-order valence-corrected chi connectivity index (χ1v) is 19.7. The van der Waals surface area contributed by atoms with Crippen molar-refractivity contribution in [1.82, 2.24) is 4.58 Å². The van der Waals surface area contributed by atoms with Gasteiger partial charge >= 0.3 is 5.97 Å². The Morgan fingerprint density at radius 1 is 1.02 bits per heavy atom. The zero-order valence-electron chi connectivity index (χ0n) is 30.0. The number of carbonyl (C=O) groups is 1. The molecule has 2 N–H and O–H groups in total. The zero-order chi connectivity index (χ0) is 37.8. The van der Waals surface area contributed by atoms with E-state index in [-0.39, 0.29) is 37.6 Å². The summed E-state index contributed by atoms with van der Waals surface area (Å²) in [6.45, 7) is 10.5. The number of nitrogens with zero attached hydrogens (tertiary/aromatic N) is 2. The van der Waals surface area contributed by atoms with Gasteiger partial charge in [-0.3, -0.25) is 9.35 Å². The van der Waals surface area contributed by atoms with Crippen molar-refractivity contribution in [3.05, 3.63) is 70.4 Å². The van der Waals surface area contributed by atoms with Crippen molar-refractivity contribution < 1.29 is 49.7 Å². The number of hydrogen-bond acceptors (Lipinski definition) is 10. The molecular formula is C36H48N2O11S2. The first-order chi connectivity index (χ1) is 23.8. The molecule has 1 aliphatic carbocycles. The molecule has 0 radical (unpaired) electrons. The molecule has 0 saturated heterocycles. The van der Waals surface area contributed by atoms with Crippen molar-refractivity contribution in [3.63, 3.8) is 0 Å². The molecule has 1 aromatic carbocycles. The van der Waals surface area contributed by atoms with Crippen molar-refractivity contribution >= 4 is 38.0 Å². The number of benzene rings is 2. The van der Waals surface area contributed by atoms with Crippen molar-refractivity contribution in [2.24, 2.45) is 0 Å². The minimum absolute atomic E-state index is 0.0205. The summed E-state index contributed by atoms with van der Waals surface area (Å²) in [4.78, 5) is 13.0. The second kappa shape index (κ2) is 16.0. The highest BCUT2D eigenvalue weighted by Gasteiger charge is 2.44. The van der Waals surface area contributed by atoms with Gasteiger partial charge in [-0.25, -0.2) is 13.0 Å². The van der Waals surface area contributed by atoms with E-state index in [0.29, 0.717) is 54.8 Å². The molecule has 1 atom stereocenters. The van der Waals surface area contributed by atoms with Crippen LogP contribution in [0.4, 0.5) is 5.69 Å². The van der Waals surface area contributed by atoms with E-state index in [1.165, 1.54) is 18.2 Å². The third kappa shape index (κ3) is 9.84. The summed E-state index contributed by atoms with van der Waals surface area (Å²) in [5.41, 5.74) is 2.16. The van der Waals surface area contributed by atoms with Gasteiger partial charge in [0.2, 0.25) is 5.36 Å². The van der Waals surface area contributed by atoms with E-state index in [1.807, 2.05) is 42.2 Å². The molecular weight excluding hydrogens is 701 g/mol. The fourth-order valence-electron chi connectivity index (χ4n) is 6.64. The normalized spacial score (nSPS) is 17.3. The van der Waals surface area contributed by atoms with Crippen LogP contribution in [0.15, 0.2) is 57.5 Å². The van der Waals surface area contributed by atoms with Gasteiger partial charge in [0.05, 0.1) is 16.7 Å². The smallest absolute Gasteiger partial charge is 0.303 e. The number of anilines is 1. The van der Waals surface area contributed by atoms with Crippen LogP contribution in [0.3, 0.4) is 0 Å². The Morgan fingerprint density at radius 3 is 2.25 bits per heavy atom. The summed E-state index contributed by atoms with van der Waals surface area (Å²) in [5.74, 6) is -0.459. The van der Waals surface area contributed by atoms with E-state index < -0.39 is 42.3 Å². The number of ether oxygens (including phenoxy) is 2. The maximum Gasteiger partial charge on any atom is 0.303 e. The predicted molar refractivity (Wildman–Crippen MR) is 192 cm³/mol. The SMILES string of the molecule is COCC[N+](CCOC)=c1ccc2c(C(C)(C)C)cc(/C=C3/N(CCCS(=O)(=O)O)c4ccc(S(=O)(=O)[O-])cc4C3(C)CCCC(=O)O)oc-2c1. The maximum absolute atomic E-state index is 12.1. The molecule has 4 rings (SSSR count). The molecule has 0 bridgehead atoms. The lowest BCUT2D eigenvalue weighted by atomic mass is 9.77. The number of carboxylic acids is 1. The molecule has 2 heterocycles. The van der Waals surface area contributed by atoms with E-state index in [4.69, 9.17) is 13.9 Å². The van der Waals surface area contributed by atoms with Crippen LogP contribution in [0.2, 0.25) is 0 Å². The second-order valence-corrected chi connectivity index (χ2v) is 17.0. The number of methoxy groups -OCH3 is 2. The standard InChI is InChI=1S/C36H48N2O11S2/c1-35(2,3)29-22-26(49-32-21-25(10-12-28(29)32)37(16-18-47-5)17-19-48-6)23-33-36(4,14-7-9-34(39)40)30-24-27(51(44,45)46)11-13-31(30)38(33)15-8-20-50(41,42)43/h10-13,21-24H,7-9,14-20H2,1-6H3,(H2-,39,40,41,42,43,44,45,46). The molecule has 51 heavy (non-hydrogen) atoms. The van der Waals surface area contributed by atoms with E-state index in [1.54, 1.807) is 14.2 Å². The fraction of sp³-hybridized carbons (Fsp3) is 0.500. The van der Waals surface area contributed by atoms with Crippen molar-refractivity contribution in [2.75, 3.05) is 57.7 Å². The fourth-order valence-corrected chi connectivity index (χ4v) is 7.63. The number of rotatable bonds is 16. The molecule has 0 fully saturated rings. The molecule has 0 aromatic heterocycles. The molecule has 13 nitrogen and oxygen atoms in total. The Kier molecular flexibility index (Phi) is 12.6. The predicted octanol–water partition coefficient (Wildman–Crippen LogP) is 4.30. The van der Waals surface area contributed by atoms with Crippen LogP contribution in [0.5, 0.6) is 0 Å². The van der Waals surface area contributed by atoms with Gasteiger partial charge in [-0.1, -0.05) is 20.8 Å². The summed E-state index contributed by atoms with van der Waals surface area (Å²) >= 11 is 0. The molecule has 2 aliphatic heterocycles. The highest BCUT2D eigenvalue weighted by atomic mass is 32.2. The lowest BCUT2D eigenvalue weighted by molar-refractivity contribution is -0.137. The van der Waals surface area contributed by atoms with Crippen LogP contribution in [-0.4, -0.2) is 89.8 Å². The van der Waals surface area contributed by atoms with Crippen LogP contribution < -0.4 is 14.8 Å². The van der Waals surface area contributed by atoms with Gasteiger partial charge in [0.15, 0.2) is 13.1 Å². The summed E-state index contributed by atoms with van der Waals surface area (Å²) in [7, 11) is -5.85. The number of aliphatic carboxylic acids is 1. The molecule has 0 spiro atoms. The third-order valence-electron chi connectivity index (χ3n) is 9.20. The molecule has 0 amide bonds. The lowest BCUT2D eigenvalue weighted by Gasteiger charge is -2.31. The van der Waals surface area contributed by atoms with Gasteiger partial charge in [-0.05, 0) is 73.1 Å². The first-order valence-electron chi connectivity index (χ1n) is 16.7. The van der Waals surface area contributed by atoms with Crippen LogP contribution in [0, 0.1) is 0 Å². The van der Waals surface area contributed by atoms with E-state index >= 15 is 0 Å². The quantitative estimate of drug-likeness (QED) is 0.157. The third-order valence-corrected chi connectivity index (χ3v) is 10.8. The second-order valence-electron chi connectivity index (χ2n) is 14.0. The van der Waals surface area contributed by atoms with Gasteiger partial charge in [-0.2, -0.15) is 8.42 Å². The van der Waals surface area contributed by atoms with Crippen molar-refractivity contribution in [2.45, 2.75) is 69.1 Å². The largest absolute Gasteiger partial charge is 0.744 e. The summed E-state index contributed by atoms with van der Waals surface area (Å²) < 4.78 is 88.7. The van der Waals surface area contributed by atoms with Gasteiger partial charge in [-0.15, -0.1) is 0 Å². The minimum Gasteiger partial charge on any atom is -0.744 e. The highest BCUT2D eigenvalue weighted by Crippen LogP contribution is 2.52. The van der Waals surface area contributed by atoms with Crippen LogP contribution in [-0.2, 0) is 45.3 Å². The molecule has 1 aromatic rings. The van der Waals surface area contributed by atoms with Crippen LogP contribution in [0.25, 0.3) is 17.4 Å². The molecule has 3 aliphatic rings. The van der Waals surface area contributed by atoms with Gasteiger partial charge < -0.3 is 28.5 Å². The van der Waals surface area contributed by atoms with Crippen LogP contribution >= 0.6 is 0 Å². The Bertz CT molecular complexity index is 2020. The monoisotopic (exact) mass is 748 g/mol. The van der Waals surface area contributed by atoms with Crippen molar-refractivity contribution in [3.8, 4) is 11.3 Å². The van der Waals surface area contributed by atoms with Gasteiger partial charge in [0.25, 0.3) is 10.1 Å². The van der Waals surface area contributed by atoms with E-state index in [2.05, 4.69) is 25.3 Å². The molecule has 280 valence electrons.